The van der Waals surface area contributed by atoms with Crippen LogP contribution in [-0.2, 0) is 6.42 Å². The molecule has 0 amide bonds. The van der Waals surface area contributed by atoms with E-state index in [4.69, 9.17) is 4.98 Å². The number of aromatic nitrogens is 2. The molecule has 0 saturated carbocycles. The minimum Gasteiger partial charge on any atom is -0.310 e. The Labute approximate surface area is 342 Å². The maximum atomic E-state index is 4.98. The van der Waals surface area contributed by atoms with Crippen molar-refractivity contribution < 1.29 is 0 Å². The SMILES string of the molecule is c1ccc(-c2cnc3cc(N(c4cccc(-c5ccc6c(c5)c5ccccc5n6-c5ccc6c(c5)-c5ccccc5C6)c4)c4ccc5ccccc5c4)ccc3c2)cc1. The minimum absolute atomic E-state index is 0.957. The van der Waals surface area contributed by atoms with Crippen LogP contribution in [0, 0.1) is 0 Å². The van der Waals surface area contributed by atoms with Gasteiger partial charge in [0.2, 0.25) is 0 Å². The molecule has 0 spiro atoms. The van der Waals surface area contributed by atoms with Crippen LogP contribution in [0.4, 0.5) is 17.1 Å². The molecule has 0 aliphatic heterocycles. The predicted octanol–water partition coefficient (Wildman–Crippen LogP) is 14.9. The van der Waals surface area contributed by atoms with Crippen molar-refractivity contribution in [1.29, 1.82) is 0 Å². The van der Waals surface area contributed by atoms with Crippen LogP contribution in [0.2, 0.25) is 0 Å². The second kappa shape index (κ2) is 13.4. The van der Waals surface area contributed by atoms with Gasteiger partial charge in [0.1, 0.15) is 0 Å². The number of hydrogen-bond acceptors (Lipinski definition) is 2. The molecule has 2 aromatic heterocycles. The highest BCUT2D eigenvalue weighted by atomic mass is 15.1. The first kappa shape index (κ1) is 33.4. The predicted molar refractivity (Wildman–Crippen MR) is 247 cm³/mol. The maximum Gasteiger partial charge on any atom is 0.0723 e. The molecule has 0 radical (unpaired) electrons. The zero-order chi connectivity index (χ0) is 38.9. The Morgan fingerprint density at radius 3 is 2.03 bits per heavy atom. The van der Waals surface area contributed by atoms with Crippen LogP contribution >= 0.6 is 0 Å². The van der Waals surface area contributed by atoms with E-state index in [1.165, 1.54) is 66.1 Å². The summed E-state index contributed by atoms with van der Waals surface area (Å²) in [6.07, 6.45) is 2.98. The van der Waals surface area contributed by atoms with Gasteiger partial charge in [-0.3, -0.25) is 4.98 Å². The minimum atomic E-state index is 0.957. The average Bonchev–Trinajstić information content (AvgIpc) is 3.84. The number of nitrogens with zero attached hydrogens (tertiary/aromatic N) is 3. The maximum absolute atomic E-state index is 4.98. The fraction of sp³-hybridized carbons (Fsp3) is 0.0179. The van der Waals surface area contributed by atoms with Crippen molar-refractivity contribution in [3.8, 4) is 39.1 Å². The van der Waals surface area contributed by atoms with E-state index in [0.29, 0.717) is 0 Å². The van der Waals surface area contributed by atoms with E-state index in [9.17, 15) is 0 Å². The third kappa shape index (κ3) is 5.62. The Morgan fingerprint density at radius 2 is 1.10 bits per heavy atom. The van der Waals surface area contributed by atoms with Gasteiger partial charge in [0.15, 0.2) is 0 Å². The van der Waals surface area contributed by atoms with Crippen LogP contribution in [-0.4, -0.2) is 9.55 Å². The Bertz CT molecular complexity index is 3430. The molecule has 0 unspecified atom stereocenters. The third-order valence-electron chi connectivity index (χ3n) is 12.2. The number of anilines is 3. The smallest absolute Gasteiger partial charge is 0.0723 e. The fourth-order valence-corrected chi connectivity index (χ4v) is 9.31. The molecule has 9 aromatic carbocycles. The Balaban J connectivity index is 0.977. The van der Waals surface area contributed by atoms with Gasteiger partial charge in [0, 0.05) is 50.7 Å². The molecule has 276 valence electrons. The number of benzene rings is 9. The Morgan fingerprint density at radius 1 is 0.390 bits per heavy atom. The summed E-state index contributed by atoms with van der Waals surface area (Å²) in [6, 6.07) is 75.2. The van der Waals surface area contributed by atoms with Crippen molar-refractivity contribution >= 4 is 60.5 Å². The average molecular weight is 752 g/mol. The van der Waals surface area contributed by atoms with E-state index in [0.717, 1.165) is 51.1 Å². The van der Waals surface area contributed by atoms with E-state index in [1.54, 1.807) is 0 Å². The van der Waals surface area contributed by atoms with E-state index in [1.807, 2.05) is 12.3 Å². The highest BCUT2D eigenvalue weighted by molar-refractivity contribution is 6.10. The summed E-state index contributed by atoms with van der Waals surface area (Å²) < 4.78 is 2.43. The van der Waals surface area contributed by atoms with Crippen LogP contribution in [0.15, 0.2) is 212 Å². The van der Waals surface area contributed by atoms with Gasteiger partial charge in [-0.1, -0.05) is 133 Å². The Hall–Kier alpha value is -7.75. The zero-order valence-corrected chi connectivity index (χ0v) is 32.3. The van der Waals surface area contributed by atoms with Gasteiger partial charge in [-0.2, -0.15) is 0 Å². The molecule has 3 nitrogen and oxygen atoms in total. The van der Waals surface area contributed by atoms with Crippen LogP contribution in [0.1, 0.15) is 11.1 Å². The molecule has 11 aromatic rings. The fourth-order valence-electron chi connectivity index (χ4n) is 9.31. The summed E-state index contributed by atoms with van der Waals surface area (Å²) in [5.74, 6) is 0. The second-order valence-electron chi connectivity index (χ2n) is 15.6. The van der Waals surface area contributed by atoms with Crippen LogP contribution in [0.25, 0.3) is 82.5 Å². The normalized spacial score (nSPS) is 12.0. The second-order valence-corrected chi connectivity index (χ2v) is 15.6. The zero-order valence-electron chi connectivity index (χ0n) is 32.3. The molecule has 0 atom stereocenters. The van der Waals surface area contributed by atoms with Crippen molar-refractivity contribution in [2.45, 2.75) is 6.42 Å². The molecule has 59 heavy (non-hydrogen) atoms. The van der Waals surface area contributed by atoms with Crippen molar-refractivity contribution in [2.75, 3.05) is 4.90 Å². The van der Waals surface area contributed by atoms with Gasteiger partial charge in [0.05, 0.1) is 16.6 Å². The van der Waals surface area contributed by atoms with Crippen LogP contribution < -0.4 is 4.90 Å². The van der Waals surface area contributed by atoms with Gasteiger partial charge < -0.3 is 9.47 Å². The Kier molecular flexibility index (Phi) is 7.60. The molecular weight excluding hydrogens is 715 g/mol. The third-order valence-corrected chi connectivity index (χ3v) is 12.2. The molecule has 0 N–H and O–H groups in total. The summed E-state index contributed by atoms with van der Waals surface area (Å²) in [5.41, 5.74) is 17.9. The van der Waals surface area contributed by atoms with E-state index in [2.05, 4.69) is 210 Å². The van der Waals surface area contributed by atoms with Crippen LogP contribution in [0.3, 0.4) is 0 Å². The number of rotatable bonds is 6. The molecule has 0 fully saturated rings. The molecule has 3 heteroatoms. The summed E-state index contributed by atoms with van der Waals surface area (Å²) >= 11 is 0. The summed E-state index contributed by atoms with van der Waals surface area (Å²) in [6.45, 7) is 0. The number of para-hydroxylation sites is 1. The van der Waals surface area contributed by atoms with Crippen molar-refractivity contribution in [3.63, 3.8) is 0 Å². The topological polar surface area (TPSA) is 21.1 Å². The first-order chi connectivity index (χ1) is 29.2. The van der Waals surface area contributed by atoms with Gasteiger partial charge in [-0.25, -0.2) is 0 Å². The quantitative estimate of drug-likeness (QED) is 0.169. The van der Waals surface area contributed by atoms with Gasteiger partial charge in [-0.15, -0.1) is 0 Å². The van der Waals surface area contributed by atoms with Gasteiger partial charge in [-0.05, 0) is 129 Å². The van der Waals surface area contributed by atoms with E-state index in [-0.39, 0.29) is 0 Å². The summed E-state index contributed by atoms with van der Waals surface area (Å²) in [5, 5.41) is 6.02. The standard InChI is InChI=1S/C56H37N3/c1-2-11-37(12-3-1)45-30-44-23-27-49(35-54(44)57-36-45)58(47-25-21-38-13-4-5-14-39(38)31-47)46-17-10-16-40(32-46)41-24-28-56-53(33-41)51-19-8-9-20-55(51)59(56)48-26-22-43-29-42-15-6-7-18-50(42)52(43)34-48/h1-28,30-36H,29H2. The summed E-state index contributed by atoms with van der Waals surface area (Å²) in [7, 11) is 0. The van der Waals surface area contributed by atoms with Crippen LogP contribution in [0.5, 0.6) is 0 Å². The van der Waals surface area contributed by atoms with Crippen molar-refractivity contribution in [1.82, 2.24) is 9.55 Å². The lowest BCUT2D eigenvalue weighted by atomic mass is 10.0. The molecule has 2 heterocycles. The number of hydrogen-bond donors (Lipinski definition) is 0. The van der Waals surface area contributed by atoms with Gasteiger partial charge in [0.25, 0.3) is 0 Å². The number of fused-ring (bicyclic) bond motifs is 8. The lowest BCUT2D eigenvalue weighted by Crippen LogP contribution is -2.10. The largest absolute Gasteiger partial charge is 0.310 e. The molecule has 12 rings (SSSR count). The lowest BCUT2D eigenvalue weighted by molar-refractivity contribution is 1.17. The molecule has 1 aliphatic carbocycles. The summed E-state index contributed by atoms with van der Waals surface area (Å²) in [4.78, 5) is 7.34. The molecule has 1 aliphatic rings. The van der Waals surface area contributed by atoms with Crippen molar-refractivity contribution in [3.05, 3.63) is 224 Å². The molecular formula is C56H37N3. The van der Waals surface area contributed by atoms with Gasteiger partial charge >= 0.3 is 0 Å². The lowest BCUT2D eigenvalue weighted by Gasteiger charge is -2.26. The molecule has 0 bridgehead atoms. The highest BCUT2D eigenvalue weighted by Gasteiger charge is 2.21. The highest BCUT2D eigenvalue weighted by Crippen LogP contribution is 2.42. The van der Waals surface area contributed by atoms with E-state index >= 15 is 0 Å². The first-order valence-electron chi connectivity index (χ1n) is 20.3. The monoisotopic (exact) mass is 751 g/mol. The molecule has 0 saturated heterocycles. The van der Waals surface area contributed by atoms with E-state index < -0.39 is 0 Å². The first-order valence-corrected chi connectivity index (χ1v) is 20.3. The van der Waals surface area contributed by atoms with Crippen molar-refractivity contribution in [2.24, 2.45) is 0 Å². The number of pyridine rings is 1.